The second-order valence-electron chi connectivity index (χ2n) is 16.0. The van der Waals surface area contributed by atoms with Crippen molar-refractivity contribution in [1.82, 2.24) is 14.5 Å². The average molecular weight is 996 g/mol. The van der Waals surface area contributed by atoms with Crippen molar-refractivity contribution in [1.29, 1.82) is 0 Å². The normalized spacial score (nSPS) is 11.4. The van der Waals surface area contributed by atoms with Crippen molar-refractivity contribution in [3.05, 3.63) is 206 Å². The fraction of sp³-hybridized carbons (Fsp3) is 0.0545. The maximum atomic E-state index is 5.52. The third-order valence-corrected chi connectivity index (χ3v) is 14.4. The zero-order valence-corrected chi connectivity index (χ0v) is 38.3. The quantitative estimate of drug-likeness (QED) is 0.123. The molecule has 0 spiro atoms. The van der Waals surface area contributed by atoms with Gasteiger partial charge in [0.25, 0.3) is 0 Å². The minimum absolute atomic E-state index is 0. The Morgan fingerprint density at radius 1 is 0.557 bits per heavy atom. The first kappa shape index (κ1) is 40.1. The molecule has 61 heavy (non-hydrogen) atoms. The number of pyridine rings is 1. The Morgan fingerprint density at radius 3 is 1.90 bits per heavy atom. The number of fused-ring (bicyclic) bond motifs is 6. The third-order valence-electron chi connectivity index (χ3n) is 11.2. The Kier molecular flexibility index (Phi) is 11.2. The van der Waals surface area contributed by atoms with E-state index in [4.69, 9.17) is 4.98 Å². The van der Waals surface area contributed by atoms with Crippen LogP contribution in [0.1, 0.15) is 0 Å². The van der Waals surface area contributed by atoms with Crippen LogP contribution in [0.15, 0.2) is 194 Å². The Balaban J connectivity index is 0.000000237. The van der Waals surface area contributed by atoms with Gasteiger partial charge in [0.2, 0.25) is 0 Å². The van der Waals surface area contributed by atoms with E-state index >= 15 is 0 Å². The zero-order valence-electron chi connectivity index (χ0n) is 34.1. The smallest absolute Gasteiger partial charge is 0.0852 e. The van der Waals surface area contributed by atoms with Crippen molar-refractivity contribution in [2.24, 2.45) is 0 Å². The van der Waals surface area contributed by atoms with Gasteiger partial charge < -0.3 is 9.55 Å². The van der Waals surface area contributed by atoms with Gasteiger partial charge in [-0.1, -0.05) is 170 Å². The van der Waals surface area contributed by atoms with Crippen molar-refractivity contribution in [3.63, 3.8) is 0 Å². The predicted octanol–water partition coefficient (Wildman–Crippen LogP) is 14.4. The van der Waals surface area contributed by atoms with Gasteiger partial charge in [-0.2, -0.15) is 11.3 Å². The molecule has 11 rings (SSSR count). The molecule has 0 amide bonds. The standard InChI is InChI=1S/C41H25N2S.C14H16NSi.Ir/c1-3-13-27(14-4-1)31-20-11-21-32(28-15-5-2-6-16-28)39(31)43-36-26-25-29-17-7-8-18-30(29)38(36)42-41(43)35-23-12-22-34-33-19-9-10-24-37(33)44-40(34)35;1-16(2,3)13-9-10-14(15-11-13)12-7-5-4-6-8-12;/h1-22,24-26H;4-7,9-11H,1-3H3;/q2*-1;. The van der Waals surface area contributed by atoms with Gasteiger partial charge in [-0.15, -0.1) is 54.1 Å². The van der Waals surface area contributed by atoms with E-state index in [-0.39, 0.29) is 20.1 Å². The molecule has 0 aliphatic heterocycles. The van der Waals surface area contributed by atoms with Gasteiger partial charge in [-0.3, -0.25) is 4.98 Å². The summed E-state index contributed by atoms with van der Waals surface area (Å²) >= 11 is 1.82. The van der Waals surface area contributed by atoms with E-state index < -0.39 is 8.07 Å². The van der Waals surface area contributed by atoms with Crippen molar-refractivity contribution >= 4 is 66.6 Å². The molecule has 0 aliphatic rings. The molecule has 0 atom stereocenters. The second kappa shape index (κ2) is 17.0. The van der Waals surface area contributed by atoms with E-state index in [1.165, 1.54) is 30.7 Å². The van der Waals surface area contributed by atoms with Crippen LogP contribution in [0.3, 0.4) is 0 Å². The number of hydrogen-bond donors (Lipinski definition) is 0. The number of benzene rings is 8. The number of aromatic nitrogens is 3. The topological polar surface area (TPSA) is 30.7 Å². The fourth-order valence-electron chi connectivity index (χ4n) is 8.10. The van der Waals surface area contributed by atoms with E-state index in [0.717, 1.165) is 67.0 Å². The van der Waals surface area contributed by atoms with Crippen molar-refractivity contribution in [2.45, 2.75) is 19.6 Å². The molecule has 0 bridgehead atoms. The van der Waals surface area contributed by atoms with Gasteiger partial charge in [0, 0.05) is 47.5 Å². The van der Waals surface area contributed by atoms with Crippen LogP contribution in [0.25, 0.3) is 92.6 Å². The number of para-hydroxylation sites is 1. The Labute approximate surface area is 375 Å². The van der Waals surface area contributed by atoms with E-state index in [2.05, 4.69) is 205 Å². The van der Waals surface area contributed by atoms with Gasteiger partial charge >= 0.3 is 0 Å². The average Bonchev–Trinajstić information content (AvgIpc) is 3.89. The third kappa shape index (κ3) is 7.69. The van der Waals surface area contributed by atoms with Crippen LogP contribution in [0.4, 0.5) is 0 Å². The molecule has 297 valence electrons. The molecule has 0 fully saturated rings. The molecular formula is C55H41IrN3SSi-2. The van der Waals surface area contributed by atoms with Gasteiger partial charge in [-0.05, 0) is 49.6 Å². The van der Waals surface area contributed by atoms with Crippen LogP contribution in [-0.4, -0.2) is 22.6 Å². The molecule has 1 radical (unpaired) electrons. The molecule has 3 aromatic heterocycles. The maximum Gasteiger partial charge on any atom is 0.0852 e. The molecule has 0 aliphatic carbocycles. The van der Waals surface area contributed by atoms with Crippen LogP contribution >= 0.6 is 11.3 Å². The Hall–Kier alpha value is -6.27. The number of thiophene rings is 1. The largest absolute Gasteiger partial charge is 0.332 e. The minimum atomic E-state index is -1.23. The van der Waals surface area contributed by atoms with E-state index in [1.54, 1.807) is 0 Å². The summed E-state index contributed by atoms with van der Waals surface area (Å²) in [6, 6.07) is 73.0. The van der Waals surface area contributed by atoms with Gasteiger partial charge in [0.1, 0.15) is 0 Å². The minimum Gasteiger partial charge on any atom is -0.332 e. The molecule has 11 aromatic rings. The SMILES string of the molecule is C[Si](C)(C)c1ccc(-c2[c-]cccc2)nc1.[Ir].[c-]1ccc2c(sc3ccccc32)c1-c1nc2c3ccccc3ccc2n1-c1c(-c2ccccc2)cccc1-c1ccccc1. The van der Waals surface area contributed by atoms with Crippen LogP contribution in [-0.2, 0) is 20.1 Å². The summed E-state index contributed by atoms with van der Waals surface area (Å²) < 4.78 is 4.86. The number of nitrogens with zero attached hydrogens (tertiary/aromatic N) is 3. The molecule has 0 N–H and O–H groups in total. The molecule has 0 saturated carbocycles. The first-order chi connectivity index (χ1) is 29.4. The molecule has 3 heterocycles. The van der Waals surface area contributed by atoms with Gasteiger partial charge in [0.05, 0.1) is 30.6 Å². The van der Waals surface area contributed by atoms with Gasteiger partial charge in [0.15, 0.2) is 0 Å². The number of rotatable bonds is 6. The molecule has 0 saturated heterocycles. The summed E-state index contributed by atoms with van der Waals surface area (Å²) in [5, 5.41) is 6.23. The summed E-state index contributed by atoms with van der Waals surface area (Å²) in [5.74, 6) is 0.897. The zero-order chi connectivity index (χ0) is 40.6. The monoisotopic (exact) mass is 996 g/mol. The Morgan fingerprint density at radius 2 is 1.23 bits per heavy atom. The van der Waals surface area contributed by atoms with Crippen molar-refractivity contribution < 1.29 is 20.1 Å². The number of hydrogen-bond acceptors (Lipinski definition) is 3. The fourth-order valence-corrected chi connectivity index (χ4v) is 10.3. The van der Waals surface area contributed by atoms with Crippen LogP contribution in [0.2, 0.25) is 19.6 Å². The van der Waals surface area contributed by atoms with Crippen LogP contribution in [0, 0.1) is 12.1 Å². The summed E-state index contributed by atoms with van der Waals surface area (Å²) in [6.45, 7) is 7.00. The van der Waals surface area contributed by atoms with Crippen molar-refractivity contribution in [2.75, 3.05) is 0 Å². The van der Waals surface area contributed by atoms with E-state index in [0.29, 0.717) is 0 Å². The summed E-state index contributed by atoms with van der Waals surface area (Å²) in [6.07, 6.45) is 2.02. The number of imidazole rings is 1. The molecular weight excluding hydrogens is 955 g/mol. The van der Waals surface area contributed by atoms with Crippen LogP contribution < -0.4 is 5.19 Å². The summed E-state index contributed by atoms with van der Waals surface area (Å²) in [4.78, 5) is 10.0. The van der Waals surface area contributed by atoms with Crippen molar-refractivity contribution in [3.8, 4) is 50.6 Å². The second-order valence-corrected chi connectivity index (χ2v) is 22.1. The predicted molar refractivity (Wildman–Crippen MR) is 258 cm³/mol. The van der Waals surface area contributed by atoms with E-state index in [1.807, 2.05) is 41.8 Å². The van der Waals surface area contributed by atoms with E-state index in [9.17, 15) is 0 Å². The molecule has 8 aromatic carbocycles. The molecule has 0 unspecified atom stereocenters. The molecule has 6 heteroatoms. The maximum absolute atomic E-state index is 5.52. The molecule has 3 nitrogen and oxygen atoms in total. The van der Waals surface area contributed by atoms with Crippen LogP contribution in [0.5, 0.6) is 0 Å². The first-order valence-electron chi connectivity index (χ1n) is 20.3. The first-order valence-corrected chi connectivity index (χ1v) is 24.6. The summed E-state index contributed by atoms with van der Waals surface area (Å²) in [5.41, 5.74) is 10.9. The summed E-state index contributed by atoms with van der Waals surface area (Å²) in [7, 11) is -1.23. The Bertz CT molecular complexity index is 3220. The van der Waals surface area contributed by atoms with Gasteiger partial charge in [-0.25, -0.2) is 0 Å².